The third kappa shape index (κ3) is 1.10. The zero-order chi connectivity index (χ0) is 8.06. The number of hydrogen-bond acceptors (Lipinski definition) is 1. The second-order valence-corrected chi connectivity index (χ2v) is 4.83. The van der Waals surface area contributed by atoms with E-state index in [-0.39, 0.29) is 0 Å². The minimum atomic E-state index is 0.689. The van der Waals surface area contributed by atoms with E-state index < -0.39 is 0 Å². The van der Waals surface area contributed by atoms with E-state index in [0.717, 1.165) is 11.8 Å². The van der Waals surface area contributed by atoms with Crippen LogP contribution in [0.3, 0.4) is 0 Å². The Morgan fingerprint density at radius 1 is 1.45 bits per heavy atom. The van der Waals surface area contributed by atoms with Crippen LogP contribution in [0.5, 0.6) is 0 Å². The van der Waals surface area contributed by atoms with Crippen LogP contribution in [0.25, 0.3) is 0 Å². The summed E-state index contributed by atoms with van der Waals surface area (Å²) in [5.74, 6) is 1.92. The second kappa shape index (κ2) is 2.22. The molecule has 0 radical (unpaired) electrons. The van der Waals surface area contributed by atoms with Crippen LogP contribution in [0.4, 0.5) is 0 Å². The number of hydrogen-bond donors (Lipinski definition) is 0. The standard InChI is InChI=1S/C10H19N/c1-8(2)9-4-5-10(6-9)7-11(10)3/h8-9H,4-7H2,1-3H3. The van der Waals surface area contributed by atoms with Gasteiger partial charge in [-0.15, -0.1) is 0 Å². The molecule has 2 rings (SSSR count). The predicted octanol–water partition coefficient (Wildman–Crippen LogP) is 2.13. The molecule has 0 aromatic rings. The molecule has 1 aliphatic carbocycles. The van der Waals surface area contributed by atoms with Crippen molar-refractivity contribution in [2.45, 2.75) is 38.6 Å². The van der Waals surface area contributed by atoms with Crippen LogP contribution in [0.1, 0.15) is 33.1 Å². The number of likely N-dealkylation sites (N-methyl/N-ethyl adjacent to an activating group) is 1. The summed E-state index contributed by atoms with van der Waals surface area (Å²) in [6.45, 7) is 6.11. The van der Waals surface area contributed by atoms with Gasteiger partial charge in [0.15, 0.2) is 0 Å². The molecular weight excluding hydrogens is 134 g/mol. The quantitative estimate of drug-likeness (QED) is 0.521. The summed E-state index contributed by atoms with van der Waals surface area (Å²) in [7, 11) is 2.27. The van der Waals surface area contributed by atoms with Crippen LogP contribution in [-0.2, 0) is 0 Å². The van der Waals surface area contributed by atoms with Crippen LogP contribution in [0.15, 0.2) is 0 Å². The van der Waals surface area contributed by atoms with Gasteiger partial charge in [-0.05, 0) is 38.1 Å². The lowest BCUT2D eigenvalue weighted by atomic mass is 9.93. The van der Waals surface area contributed by atoms with Gasteiger partial charge in [0.05, 0.1) is 0 Å². The van der Waals surface area contributed by atoms with E-state index in [9.17, 15) is 0 Å². The highest BCUT2D eigenvalue weighted by molar-refractivity contribution is 5.10. The maximum absolute atomic E-state index is 2.52. The summed E-state index contributed by atoms with van der Waals surface area (Å²) >= 11 is 0. The van der Waals surface area contributed by atoms with Crippen molar-refractivity contribution in [2.24, 2.45) is 11.8 Å². The lowest BCUT2D eigenvalue weighted by Crippen LogP contribution is -2.13. The van der Waals surface area contributed by atoms with E-state index in [0.29, 0.717) is 5.54 Å². The van der Waals surface area contributed by atoms with Crippen molar-refractivity contribution in [3.05, 3.63) is 0 Å². The normalized spacial score (nSPS) is 49.1. The molecule has 3 unspecified atom stereocenters. The molecule has 0 amide bonds. The third-order valence-electron chi connectivity index (χ3n) is 3.80. The van der Waals surface area contributed by atoms with Crippen molar-refractivity contribution in [1.29, 1.82) is 0 Å². The van der Waals surface area contributed by atoms with Gasteiger partial charge in [-0.2, -0.15) is 0 Å². The highest BCUT2D eigenvalue weighted by atomic mass is 15.3. The molecule has 0 N–H and O–H groups in total. The van der Waals surface area contributed by atoms with Gasteiger partial charge in [0.2, 0.25) is 0 Å². The van der Waals surface area contributed by atoms with Crippen molar-refractivity contribution < 1.29 is 0 Å². The molecule has 1 heteroatoms. The maximum atomic E-state index is 2.52. The summed E-state index contributed by atoms with van der Waals surface area (Å²) in [6, 6.07) is 0. The van der Waals surface area contributed by atoms with Crippen molar-refractivity contribution in [3.63, 3.8) is 0 Å². The Morgan fingerprint density at radius 3 is 2.36 bits per heavy atom. The molecule has 11 heavy (non-hydrogen) atoms. The summed E-state index contributed by atoms with van der Waals surface area (Å²) in [5, 5.41) is 0. The molecule has 1 saturated carbocycles. The summed E-state index contributed by atoms with van der Waals surface area (Å²) in [4.78, 5) is 2.52. The molecule has 2 fully saturated rings. The Labute approximate surface area is 69.8 Å². The molecule has 0 bridgehead atoms. The van der Waals surface area contributed by atoms with Crippen molar-refractivity contribution >= 4 is 0 Å². The zero-order valence-corrected chi connectivity index (χ0v) is 7.93. The minimum absolute atomic E-state index is 0.689. The highest BCUT2D eigenvalue weighted by Gasteiger charge is 2.53. The topological polar surface area (TPSA) is 3.01 Å². The van der Waals surface area contributed by atoms with E-state index in [1.54, 1.807) is 0 Å². The van der Waals surface area contributed by atoms with Gasteiger partial charge >= 0.3 is 0 Å². The fraction of sp³-hybridized carbons (Fsp3) is 1.00. The summed E-state index contributed by atoms with van der Waals surface area (Å²) in [6.07, 6.45) is 4.41. The first-order chi connectivity index (χ1) is 5.14. The lowest BCUT2D eigenvalue weighted by Gasteiger charge is -2.13. The first-order valence-corrected chi connectivity index (χ1v) is 4.85. The fourth-order valence-electron chi connectivity index (χ4n) is 2.61. The molecular formula is C10H19N. The molecule has 1 saturated heterocycles. The summed E-state index contributed by atoms with van der Waals surface area (Å²) in [5.41, 5.74) is 0.689. The largest absolute Gasteiger partial charge is 0.298 e. The van der Waals surface area contributed by atoms with E-state index in [4.69, 9.17) is 0 Å². The average Bonchev–Trinajstić information content (AvgIpc) is 2.44. The Morgan fingerprint density at radius 2 is 2.09 bits per heavy atom. The van der Waals surface area contributed by atoms with Crippen LogP contribution < -0.4 is 0 Å². The molecule has 1 heterocycles. The van der Waals surface area contributed by atoms with Crippen LogP contribution in [-0.4, -0.2) is 24.0 Å². The molecule has 1 aliphatic heterocycles. The molecule has 3 atom stereocenters. The number of rotatable bonds is 1. The first kappa shape index (κ1) is 7.60. The van der Waals surface area contributed by atoms with E-state index in [1.165, 1.54) is 25.8 Å². The molecule has 1 spiro atoms. The van der Waals surface area contributed by atoms with Crippen LogP contribution in [0, 0.1) is 11.8 Å². The minimum Gasteiger partial charge on any atom is -0.298 e. The van der Waals surface area contributed by atoms with Crippen LogP contribution >= 0.6 is 0 Å². The van der Waals surface area contributed by atoms with Gasteiger partial charge < -0.3 is 0 Å². The average molecular weight is 153 g/mol. The smallest absolute Gasteiger partial charge is 0.0337 e. The molecule has 1 nitrogen and oxygen atoms in total. The van der Waals surface area contributed by atoms with Gasteiger partial charge in [-0.25, -0.2) is 0 Å². The molecule has 0 aromatic heterocycles. The molecule has 2 aliphatic rings. The van der Waals surface area contributed by atoms with Crippen molar-refractivity contribution in [3.8, 4) is 0 Å². The van der Waals surface area contributed by atoms with E-state index in [1.807, 2.05) is 0 Å². The monoisotopic (exact) mass is 153 g/mol. The van der Waals surface area contributed by atoms with Crippen LogP contribution in [0.2, 0.25) is 0 Å². The van der Waals surface area contributed by atoms with Gasteiger partial charge in [-0.1, -0.05) is 13.8 Å². The predicted molar refractivity (Wildman–Crippen MR) is 47.5 cm³/mol. The van der Waals surface area contributed by atoms with Gasteiger partial charge in [-0.3, -0.25) is 4.90 Å². The summed E-state index contributed by atoms with van der Waals surface area (Å²) < 4.78 is 0. The third-order valence-corrected chi connectivity index (χ3v) is 3.80. The second-order valence-electron chi connectivity index (χ2n) is 4.83. The lowest BCUT2D eigenvalue weighted by molar-refractivity contribution is 0.371. The van der Waals surface area contributed by atoms with Gasteiger partial charge in [0, 0.05) is 12.1 Å². The zero-order valence-electron chi connectivity index (χ0n) is 7.93. The van der Waals surface area contributed by atoms with Crippen molar-refractivity contribution in [2.75, 3.05) is 13.6 Å². The van der Waals surface area contributed by atoms with Gasteiger partial charge in [0.25, 0.3) is 0 Å². The Balaban J connectivity index is 1.95. The SMILES string of the molecule is CC(C)C1CCC2(C1)CN2C. The Hall–Kier alpha value is -0.0400. The van der Waals surface area contributed by atoms with E-state index in [2.05, 4.69) is 25.8 Å². The maximum Gasteiger partial charge on any atom is 0.0337 e. The molecule has 0 aromatic carbocycles. The van der Waals surface area contributed by atoms with Gasteiger partial charge in [0.1, 0.15) is 0 Å². The fourth-order valence-corrected chi connectivity index (χ4v) is 2.61. The Bertz CT molecular complexity index is 164. The van der Waals surface area contributed by atoms with Crippen molar-refractivity contribution in [1.82, 2.24) is 4.90 Å². The highest BCUT2D eigenvalue weighted by Crippen LogP contribution is 2.49. The number of nitrogens with zero attached hydrogens (tertiary/aromatic N) is 1. The molecule has 64 valence electrons. The first-order valence-electron chi connectivity index (χ1n) is 4.85. The van der Waals surface area contributed by atoms with E-state index >= 15 is 0 Å². The Kier molecular flexibility index (Phi) is 1.54.